The minimum Gasteiger partial charge on any atom is -0.417 e. The van der Waals surface area contributed by atoms with E-state index >= 15 is 0 Å². The third kappa shape index (κ3) is 4.50. The van der Waals surface area contributed by atoms with Crippen molar-refractivity contribution in [1.29, 1.82) is 0 Å². The zero-order chi connectivity index (χ0) is 12.2. The largest absolute Gasteiger partial charge is 0.417 e. The molecule has 1 nitrogen and oxygen atoms in total. The topological polar surface area (TPSA) is 9.23 Å². The van der Waals surface area contributed by atoms with Crippen molar-refractivity contribution in [1.82, 2.24) is 0 Å². The maximum atomic E-state index is 6.33. The lowest BCUT2D eigenvalue weighted by molar-refractivity contribution is 0.111. The van der Waals surface area contributed by atoms with Gasteiger partial charge in [0, 0.05) is 10.4 Å². The second-order valence-corrected chi connectivity index (χ2v) is 10.8. The fourth-order valence-corrected chi connectivity index (χ4v) is 4.81. The van der Waals surface area contributed by atoms with E-state index in [-0.39, 0.29) is 4.32 Å². The highest BCUT2D eigenvalue weighted by molar-refractivity contribution is 9.10. The molecule has 0 saturated heterocycles. The molecule has 3 heteroatoms. The van der Waals surface area contributed by atoms with Gasteiger partial charge in [-0.25, -0.2) is 0 Å². The maximum absolute atomic E-state index is 6.33. The first-order valence-corrected chi connectivity index (χ1v) is 9.71. The van der Waals surface area contributed by atoms with Gasteiger partial charge in [0.15, 0.2) is 9.04 Å². The Labute approximate surface area is 111 Å². The standard InChI is InChI=1S/C13H27BrOSi/c1-5-16(6-2)15-12-9-7-8-11(10-12)13(3,4)14/h11-12,16H,5-10H2,1-4H3. The molecule has 16 heavy (non-hydrogen) atoms. The molecule has 0 aliphatic heterocycles. The molecular formula is C13H27BrOSi. The molecule has 0 aromatic rings. The van der Waals surface area contributed by atoms with E-state index in [1.165, 1.54) is 37.8 Å². The molecule has 96 valence electrons. The van der Waals surface area contributed by atoms with Gasteiger partial charge in [0.05, 0.1) is 0 Å². The Morgan fingerprint density at radius 3 is 2.38 bits per heavy atom. The molecular weight excluding hydrogens is 280 g/mol. The van der Waals surface area contributed by atoms with Gasteiger partial charge in [0.1, 0.15) is 0 Å². The van der Waals surface area contributed by atoms with E-state index in [1.807, 2.05) is 0 Å². The molecule has 2 atom stereocenters. The number of hydrogen-bond donors (Lipinski definition) is 0. The van der Waals surface area contributed by atoms with E-state index < -0.39 is 9.04 Å². The van der Waals surface area contributed by atoms with Crippen molar-refractivity contribution in [2.24, 2.45) is 5.92 Å². The molecule has 1 aliphatic carbocycles. The number of rotatable bonds is 5. The van der Waals surface area contributed by atoms with E-state index in [2.05, 4.69) is 43.6 Å². The molecule has 1 fully saturated rings. The van der Waals surface area contributed by atoms with Gasteiger partial charge in [-0.3, -0.25) is 0 Å². The Hall–Kier alpha value is 0.657. The van der Waals surface area contributed by atoms with Crippen LogP contribution in [0.4, 0.5) is 0 Å². The summed E-state index contributed by atoms with van der Waals surface area (Å²) in [5.41, 5.74) is 0. The van der Waals surface area contributed by atoms with Gasteiger partial charge in [-0.05, 0) is 51.1 Å². The van der Waals surface area contributed by atoms with Crippen molar-refractivity contribution in [3.8, 4) is 0 Å². The lowest BCUT2D eigenvalue weighted by atomic mass is 9.80. The summed E-state index contributed by atoms with van der Waals surface area (Å²) in [7, 11) is -0.862. The van der Waals surface area contributed by atoms with Crippen LogP contribution in [0.25, 0.3) is 0 Å². The number of halogens is 1. The average molecular weight is 307 g/mol. The zero-order valence-electron chi connectivity index (χ0n) is 11.3. The van der Waals surface area contributed by atoms with Gasteiger partial charge in [-0.1, -0.05) is 36.2 Å². The molecule has 1 aliphatic rings. The minimum absolute atomic E-state index is 0.282. The van der Waals surface area contributed by atoms with E-state index in [0.717, 1.165) is 5.92 Å². The van der Waals surface area contributed by atoms with Crippen molar-refractivity contribution in [2.75, 3.05) is 0 Å². The highest BCUT2D eigenvalue weighted by Crippen LogP contribution is 2.39. The molecule has 1 rings (SSSR count). The van der Waals surface area contributed by atoms with Gasteiger partial charge in [-0.2, -0.15) is 0 Å². The first-order chi connectivity index (χ1) is 7.47. The third-order valence-corrected chi connectivity index (χ3v) is 7.13. The fraction of sp³-hybridized carbons (Fsp3) is 1.00. The van der Waals surface area contributed by atoms with Crippen LogP contribution in [-0.2, 0) is 4.43 Å². The lowest BCUT2D eigenvalue weighted by Gasteiger charge is -2.37. The van der Waals surface area contributed by atoms with Gasteiger partial charge in [-0.15, -0.1) is 0 Å². The van der Waals surface area contributed by atoms with Crippen LogP contribution in [0.1, 0.15) is 53.4 Å². The molecule has 0 aromatic carbocycles. The summed E-state index contributed by atoms with van der Waals surface area (Å²) < 4.78 is 6.62. The molecule has 0 N–H and O–H groups in total. The predicted octanol–water partition coefficient (Wildman–Crippen LogP) is 4.50. The Bertz CT molecular complexity index is 199. The van der Waals surface area contributed by atoms with Crippen molar-refractivity contribution < 1.29 is 4.43 Å². The van der Waals surface area contributed by atoms with Gasteiger partial charge in [0.2, 0.25) is 0 Å². The van der Waals surface area contributed by atoms with Crippen LogP contribution in [0.2, 0.25) is 12.1 Å². The summed E-state index contributed by atoms with van der Waals surface area (Å²) in [5, 5.41) is 0. The smallest absolute Gasteiger partial charge is 0.176 e. The summed E-state index contributed by atoms with van der Waals surface area (Å²) in [6.45, 7) is 9.17. The van der Waals surface area contributed by atoms with Crippen LogP contribution < -0.4 is 0 Å². The highest BCUT2D eigenvalue weighted by Gasteiger charge is 2.32. The Kier molecular flexibility index (Phi) is 6.03. The number of alkyl halides is 1. The van der Waals surface area contributed by atoms with Gasteiger partial charge >= 0.3 is 0 Å². The molecule has 0 amide bonds. The van der Waals surface area contributed by atoms with E-state index in [4.69, 9.17) is 4.43 Å². The predicted molar refractivity (Wildman–Crippen MR) is 77.9 cm³/mol. The van der Waals surface area contributed by atoms with Gasteiger partial charge in [0.25, 0.3) is 0 Å². The quantitative estimate of drug-likeness (QED) is 0.537. The van der Waals surface area contributed by atoms with Crippen molar-refractivity contribution in [3.63, 3.8) is 0 Å². The van der Waals surface area contributed by atoms with Crippen LogP contribution in [0.15, 0.2) is 0 Å². The zero-order valence-corrected chi connectivity index (χ0v) is 14.0. The summed E-state index contributed by atoms with van der Waals surface area (Å²) >= 11 is 3.82. The fourth-order valence-electron chi connectivity index (χ4n) is 2.65. The summed E-state index contributed by atoms with van der Waals surface area (Å²) in [5.74, 6) is 0.787. The van der Waals surface area contributed by atoms with Crippen LogP contribution in [0.3, 0.4) is 0 Å². The average Bonchev–Trinajstić information content (AvgIpc) is 2.25. The number of hydrogen-bond acceptors (Lipinski definition) is 1. The summed E-state index contributed by atoms with van der Waals surface area (Å²) in [6.07, 6.45) is 5.83. The van der Waals surface area contributed by atoms with Crippen LogP contribution in [0, 0.1) is 5.92 Å². The SMILES string of the molecule is CC[SiH](CC)OC1CCCC(C(C)(C)Br)C1. The second-order valence-electron chi connectivity index (χ2n) is 5.62. The lowest BCUT2D eigenvalue weighted by Crippen LogP contribution is -2.35. The summed E-state index contributed by atoms with van der Waals surface area (Å²) in [4.78, 5) is 0. The summed E-state index contributed by atoms with van der Waals surface area (Å²) in [6, 6.07) is 2.57. The van der Waals surface area contributed by atoms with E-state index in [9.17, 15) is 0 Å². The van der Waals surface area contributed by atoms with Crippen molar-refractivity contribution in [2.45, 2.75) is 75.9 Å². The highest BCUT2D eigenvalue weighted by atomic mass is 79.9. The monoisotopic (exact) mass is 306 g/mol. The van der Waals surface area contributed by atoms with E-state index in [0.29, 0.717) is 6.10 Å². The Morgan fingerprint density at radius 1 is 1.25 bits per heavy atom. The van der Waals surface area contributed by atoms with Crippen LogP contribution in [0.5, 0.6) is 0 Å². The van der Waals surface area contributed by atoms with Gasteiger partial charge < -0.3 is 4.43 Å². The molecule has 0 radical (unpaired) electrons. The first-order valence-electron chi connectivity index (χ1n) is 6.81. The molecule has 1 saturated carbocycles. The van der Waals surface area contributed by atoms with Crippen LogP contribution in [-0.4, -0.2) is 19.5 Å². The molecule has 0 aromatic heterocycles. The molecule has 2 unspecified atom stereocenters. The normalized spacial score (nSPS) is 27.4. The molecule has 0 spiro atoms. The second kappa shape index (κ2) is 6.55. The Balaban J connectivity index is 2.44. The maximum Gasteiger partial charge on any atom is 0.176 e. The van der Waals surface area contributed by atoms with Crippen molar-refractivity contribution in [3.05, 3.63) is 0 Å². The molecule has 0 heterocycles. The first kappa shape index (κ1) is 14.7. The minimum atomic E-state index is -0.862. The Morgan fingerprint density at radius 2 is 1.88 bits per heavy atom. The van der Waals surface area contributed by atoms with Crippen LogP contribution >= 0.6 is 15.9 Å². The third-order valence-electron chi connectivity index (χ3n) is 3.89. The molecule has 0 bridgehead atoms. The van der Waals surface area contributed by atoms with Crippen molar-refractivity contribution >= 4 is 25.0 Å². The van der Waals surface area contributed by atoms with E-state index in [1.54, 1.807) is 0 Å².